The number of anilines is 1. The summed E-state index contributed by atoms with van der Waals surface area (Å²) in [5.74, 6) is -0.610. The molecule has 3 amide bonds. The van der Waals surface area contributed by atoms with Crippen LogP contribution in [0.1, 0.15) is 70.8 Å². The molecule has 3 aromatic carbocycles. The molecule has 4 rings (SSSR count). The average molecular weight is 698 g/mol. The smallest absolute Gasteiger partial charge is 0.407 e. The molecule has 0 unspecified atom stereocenters. The highest BCUT2D eigenvalue weighted by Gasteiger charge is 2.40. The summed E-state index contributed by atoms with van der Waals surface area (Å²) in [4.78, 5) is 41.3. The molecule has 2 atom stereocenters. The lowest BCUT2D eigenvalue weighted by atomic mass is 9.94. The number of benzene rings is 3. The summed E-state index contributed by atoms with van der Waals surface area (Å²) in [7, 11) is 1.49. The van der Waals surface area contributed by atoms with Gasteiger partial charge in [-0.1, -0.05) is 62.7 Å². The van der Waals surface area contributed by atoms with E-state index in [0.29, 0.717) is 45.4 Å². The number of alkyl carbamates (subject to hydrolysis) is 1. The molecule has 0 saturated carbocycles. The molecule has 0 aromatic heterocycles. The van der Waals surface area contributed by atoms with E-state index in [-0.39, 0.29) is 31.5 Å². The van der Waals surface area contributed by atoms with Crippen LogP contribution in [0.25, 0.3) is 0 Å². The molecule has 3 aromatic rings. The van der Waals surface area contributed by atoms with Gasteiger partial charge in [0.2, 0.25) is 5.91 Å². The van der Waals surface area contributed by atoms with Crippen LogP contribution in [0.2, 0.25) is 5.02 Å². The Hall–Kier alpha value is -4.35. The maximum atomic E-state index is 14.3. The number of methoxy groups -OCH3 is 1. The zero-order valence-electron chi connectivity index (χ0n) is 29.0. The first-order chi connectivity index (χ1) is 23.1. The number of hydrogen-bond acceptors (Lipinski definition) is 7. The van der Waals surface area contributed by atoms with Crippen LogP contribution >= 0.6 is 11.6 Å². The minimum absolute atomic E-state index is 0.0482. The molecular weight excluding hydrogens is 653 g/mol. The van der Waals surface area contributed by atoms with Crippen molar-refractivity contribution in [3.05, 3.63) is 88.2 Å². The van der Waals surface area contributed by atoms with E-state index in [0.717, 1.165) is 0 Å². The summed E-state index contributed by atoms with van der Waals surface area (Å²) >= 11 is 6.53. The van der Waals surface area contributed by atoms with Gasteiger partial charge in [0.05, 0.1) is 20.1 Å². The SMILES string of the molecule is COc1c(OCCNC(=O)OC(C)(C)C)cccc1[C@H]1O[C@H](CC(=O)NCc2ccccc2F)C(=O)N(CC(C)(C)C)c2ccc(Cl)cc21. The molecule has 0 spiro atoms. The number of rotatable bonds is 11. The Labute approximate surface area is 292 Å². The maximum Gasteiger partial charge on any atom is 0.407 e. The van der Waals surface area contributed by atoms with Crippen molar-refractivity contribution in [1.29, 1.82) is 0 Å². The van der Waals surface area contributed by atoms with Crippen molar-refractivity contribution < 1.29 is 37.7 Å². The molecule has 0 aliphatic carbocycles. The first-order valence-corrected chi connectivity index (χ1v) is 16.5. The minimum atomic E-state index is -1.22. The first-order valence-electron chi connectivity index (χ1n) is 16.1. The van der Waals surface area contributed by atoms with Crippen molar-refractivity contribution >= 4 is 35.2 Å². The zero-order valence-corrected chi connectivity index (χ0v) is 29.8. The Morgan fingerprint density at radius 3 is 2.39 bits per heavy atom. The predicted molar refractivity (Wildman–Crippen MR) is 186 cm³/mol. The van der Waals surface area contributed by atoms with Crippen LogP contribution in [0.4, 0.5) is 14.9 Å². The molecule has 10 nitrogen and oxygen atoms in total. The van der Waals surface area contributed by atoms with Crippen LogP contribution in [0.3, 0.4) is 0 Å². The zero-order chi connectivity index (χ0) is 35.9. The Bertz CT molecular complexity index is 1650. The van der Waals surface area contributed by atoms with E-state index >= 15 is 0 Å². The lowest BCUT2D eigenvalue weighted by Gasteiger charge is -2.31. The van der Waals surface area contributed by atoms with Crippen molar-refractivity contribution in [3.63, 3.8) is 0 Å². The third-order valence-corrected chi connectivity index (χ3v) is 7.60. The summed E-state index contributed by atoms with van der Waals surface area (Å²) < 4.78 is 38.0. The number of hydrogen-bond donors (Lipinski definition) is 2. The van der Waals surface area contributed by atoms with Gasteiger partial charge in [-0.25, -0.2) is 9.18 Å². The number of halogens is 2. The van der Waals surface area contributed by atoms with Gasteiger partial charge in [-0.05, 0) is 56.5 Å². The summed E-state index contributed by atoms with van der Waals surface area (Å²) in [6.07, 6.45) is -3.01. The van der Waals surface area contributed by atoms with Crippen LogP contribution in [0, 0.1) is 11.2 Å². The second-order valence-corrected chi connectivity index (χ2v) is 14.4. The Morgan fingerprint density at radius 1 is 0.980 bits per heavy atom. The summed E-state index contributed by atoms with van der Waals surface area (Å²) in [6, 6.07) is 16.6. The van der Waals surface area contributed by atoms with Crippen LogP contribution in [0.15, 0.2) is 60.7 Å². The van der Waals surface area contributed by atoms with E-state index in [4.69, 9.17) is 30.5 Å². The molecule has 0 radical (unpaired) electrons. The van der Waals surface area contributed by atoms with Gasteiger partial charge in [-0.15, -0.1) is 0 Å². The van der Waals surface area contributed by atoms with E-state index in [9.17, 15) is 18.8 Å². The molecule has 1 heterocycles. The second-order valence-electron chi connectivity index (χ2n) is 13.9. The molecule has 0 fully saturated rings. The summed E-state index contributed by atoms with van der Waals surface area (Å²) in [6.45, 7) is 11.9. The topological polar surface area (TPSA) is 115 Å². The molecule has 2 N–H and O–H groups in total. The monoisotopic (exact) mass is 697 g/mol. The molecule has 49 heavy (non-hydrogen) atoms. The van der Waals surface area contributed by atoms with Gasteiger partial charge in [0.1, 0.15) is 30.2 Å². The molecule has 1 aliphatic heterocycles. The maximum absolute atomic E-state index is 14.3. The fourth-order valence-electron chi connectivity index (χ4n) is 5.36. The first kappa shape index (κ1) is 37.5. The van der Waals surface area contributed by atoms with Crippen LogP contribution in [0.5, 0.6) is 11.5 Å². The average Bonchev–Trinajstić information content (AvgIpc) is 3.11. The largest absolute Gasteiger partial charge is 0.492 e. The summed E-state index contributed by atoms with van der Waals surface area (Å²) in [5.41, 5.74) is 1.08. The van der Waals surface area contributed by atoms with Crippen molar-refractivity contribution in [2.75, 3.05) is 31.7 Å². The van der Waals surface area contributed by atoms with E-state index in [1.807, 2.05) is 20.8 Å². The minimum Gasteiger partial charge on any atom is -0.492 e. The normalized spacial score (nSPS) is 16.3. The van der Waals surface area contributed by atoms with Crippen molar-refractivity contribution in [2.45, 2.75) is 72.3 Å². The van der Waals surface area contributed by atoms with Crippen molar-refractivity contribution in [1.82, 2.24) is 10.6 Å². The van der Waals surface area contributed by atoms with Gasteiger partial charge in [-0.3, -0.25) is 9.59 Å². The van der Waals surface area contributed by atoms with E-state index in [1.54, 1.807) is 80.3 Å². The van der Waals surface area contributed by atoms with Gasteiger partial charge < -0.3 is 34.5 Å². The third kappa shape index (κ3) is 10.3. The van der Waals surface area contributed by atoms with Crippen LogP contribution in [-0.4, -0.2) is 56.4 Å². The Kier molecular flexibility index (Phi) is 12.2. The van der Waals surface area contributed by atoms with E-state index < -0.39 is 41.5 Å². The number of nitrogens with zero attached hydrogens (tertiary/aromatic N) is 1. The summed E-state index contributed by atoms with van der Waals surface area (Å²) in [5, 5.41) is 5.81. The van der Waals surface area contributed by atoms with Gasteiger partial charge in [0.15, 0.2) is 11.5 Å². The highest BCUT2D eigenvalue weighted by molar-refractivity contribution is 6.30. The van der Waals surface area contributed by atoms with E-state index in [1.165, 1.54) is 13.2 Å². The molecule has 264 valence electrons. The lowest BCUT2D eigenvalue weighted by molar-refractivity contribution is -0.138. The number of para-hydroxylation sites is 1. The van der Waals surface area contributed by atoms with Crippen LogP contribution in [-0.2, 0) is 25.6 Å². The van der Waals surface area contributed by atoms with Gasteiger partial charge in [0, 0.05) is 40.5 Å². The Morgan fingerprint density at radius 2 is 1.71 bits per heavy atom. The van der Waals surface area contributed by atoms with Crippen molar-refractivity contribution in [3.8, 4) is 11.5 Å². The Balaban J connectivity index is 1.67. The predicted octanol–water partition coefficient (Wildman–Crippen LogP) is 6.97. The van der Waals surface area contributed by atoms with Crippen molar-refractivity contribution in [2.24, 2.45) is 5.41 Å². The standard InChI is InChI=1S/C37H45ClFN3O7/c1-36(2,3)22-42-28-16-15-24(38)19-26(28)32(48-30(34(42)44)20-31(43)41-21-23-11-8-9-13-27(23)39)25-12-10-14-29(33(25)46-7)47-18-17-40-35(45)49-37(4,5)6/h8-16,19,30,32H,17-18,20-22H2,1-7H3,(H,40,45)(H,41,43)/t30-,32-/m1/s1. The number of amides is 3. The second kappa shape index (κ2) is 15.9. The fourth-order valence-corrected chi connectivity index (χ4v) is 5.54. The molecule has 0 bridgehead atoms. The van der Waals surface area contributed by atoms with Crippen LogP contribution < -0.4 is 25.0 Å². The van der Waals surface area contributed by atoms with Gasteiger partial charge in [-0.2, -0.15) is 0 Å². The van der Waals surface area contributed by atoms with Gasteiger partial charge in [0.25, 0.3) is 5.91 Å². The quantitative estimate of drug-likeness (QED) is 0.208. The lowest BCUT2D eigenvalue weighted by Crippen LogP contribution is -2.45. The number of carbonyl (C=O) groups excluding carboxylic acids is 3. The third-order valence-electron chi connectivity index (χ3n) is 7.37. The number of carbonyl (C=O) groups is 3. The molecule has 1 aliphatic rings. The number of nitrogens with one attached hydrogen (secondary N) is 2. The fraction of sp³-hybridized carbons (Fsp3) is 0.432. The highest BCUT2D eigenvalue weighted by atomic mass is 35.5. The molecular formula is C37H45ClFN3O7. The highest BCUT2D eigenvalue weighted by Crippen LogP contribution is 2.45. The number of ether oxygens (including phenoxy) is 4. The molecule has 0 saturated heterocycles. The van der Waals surface area contributed by atoms with E-state index in [2.05, 4.69) is 10.6 Å². The molecule has 12 heteroatoms. The number of fused-ring (bicyclic) bond motifs is 1. The van der Waals surface area contributed by atoms with Gasteiger partial charge >= 0.3 is 6.09 Å².